The zero-order chi connectivity index (χ0) is 14.2. The van der Waals surface area contributed by atoms with Gasteiger partial charge in [-0.1, -0.05) is 19.8 Å². The summed E-state index contributed by atoms with van der Waals surface area (Å²) in [6.07, 6.45) is 5.76. The topological polar surface area (TPSA) is 73.6 Å². The number of nitrogens with two attached hydrogens (primary N) is 1. The molecule has 0 saturated carbocycles. The first-order valence-corrected chi connectivity index (χ1v) is 7.43. The third kappa shape index (κ3) is 15.3. The van der Waals surface area contributed by atoms with Crippen LogP contribution in [0.5, 0.6) is 0 Å². The zero-order valence-electron chi connectivity index (χ0n) is 12.3. The fraction of sp³-hybridized carbons (Fsp3) is 0.929. The molecule has 0 spiro atoms. The summed E-state index contributed by atoms with van der Waals surface area (Å²) in [5.41, 5.74) is 5.38. The molecule has 5 nitrogen and oxygen atoms in total. The number of carbonyl (C=O) groups excluding carboxylic acids is 1. The van der Waals surface area contributed by atoms with E-state index in [9.17, 15) is 4.79 Å². The van der Waals surface area contributed by atoms with E-state index in [0.29, 0.717) is 39.3 Å². The van der Waals surface area contributed by atoms with E-state index in [-0.39, 0.29) is 5.91 Å². The van der Waals surface area contributed by atoms with Crippen LogP contribution >= 0.6 is 0 Å². The Bertz CT molecular complexity index is 201. The van der Waals surface area contributed by atoms with Gasteiger partial charge in [-0.3, -0.25) is 4.79 Å². The van der Waals surface area contributed by atoms with Crippen LogP contribution in [0, 0.1) is 0 Å². The molecule has 0 aromatic carbocycles. The van der Waals surface area contributed by atoms with E-state index >= 15 is 0 Å². The van der Waals surface area contributed by atoms with E-state index in [0.717, 1.165) is 38.7 Å². The first kappa shape index (κ1) is 18.4. The molecule has 19 heavy (non-hydrogen) atoms. The summed E-state index contributed by atoms with van der Waals surface area (Å²) in [5.74, 6) is 0.0971. The Morgan fingerprint density at radius 2 is 1.74 bits per heavy atom. The summed E-state index contributed by atoms with van der Waals surface area (Å²) in [7, 11) is 0. The van der Waals surface area contributed by atoms with Gasteiger partial charge in [0.2, 0.25) is 5.91 Å². The average Bonchev–Trinajstić information content (AvgIpc) is 2.42. The lowest BCUT2D eigenvalue weighted by Crippen LogP contribution is -2.27. The molecular formula is C14H30N2O3. The largest absolute Gasteiger partial charge is 0.379 e. The van der Waals surface area contributed by atoms with Gasteiger partial charge < -0.3 is 20.5 Å². The summed E-state index contributed by atoms with van der Waals surface area (Å²) in [4.78, 5) is 11.4. The fourth-order valence-corrected chi connectivity index (χ4v) is 1.53. The third-order valence-corrected chi connectivity index (χ3v) is 2.69. The van der Waals surface area contributed by atoms with Crippen molar-refractivity contribution < 1.29 is 14.3 Å². The molecule has 0 aliphatic rings. The Labute approximate surface area is 117 Å². The van der Waals surface area contributed by atoms with E-state index in [1.54, 1.807) is 0 Å². The van der Waals surface area contributed by atoms with Gasteiger partial charge in [-0.05, 0) is 25.8 Å². The molecule has 114 valence electrons. The molecular weight excluding hydrogens is 244 g/mol. The Hall–Kier alpha value is -0.650. The van der Waals surface area contributed by atoms with Crippen LogP contribution in [0.1, 0.15) is 45.4 Å². The number of nitrogens with one attached hydrogen (secondary N) is 1. The molecule has 1 amide bonds. The van der Waals surface area contributed by atoms with Crippen molar-refractivity contribution >= 4 is 5.91 Å². The second kappa shape index (κ2) is 15.4. The normalized spacial score (nSPS) is 10.6. The molecule has 0 aromatic heterocycles. The Kier molecular flexibility index (Phi) is 14.9. The van der Waals surface area contributed by atoms with Gasteiger partial charge in [0.05, 0.1) is 19.8 Å². The molecule has 0 atom stereocenters. The van der Waals surface area contributed by atoms with Crippen molar-refractivity contribution in [2.24, 2.45) is 5.73 Å². The van der Waals surface area contributed by atoms with Gasteiger partial charge in [0.15, 0.2) is 0 Å². The summed E-state index contributed by atoms with van der Waals surface area (Å²) in [6.45, 7) is 5.99. The quantitative estimate of drug-likeness (QED) is 0.470. The number of unbranched alkanes of at least 4 members (excludes halogenated alkanes) is 3. The highest BCUT2D eigenvalue weighted by Gasteiger charge is 1.99. The minimum atomic E-state index is 0.0971. The SMILES string of the molecule is CCCCOCCOCCNC(=O)CCCCCN. The van der Waals surface area contributed by atoms with Gasteiger partial charge in [-0.15, -0.1) is 0 Å². The van der Waals surface area contributed by atoms with Gasteiger partial charge in [-0.25, -0.2) is 0 Å². The molecule has 0 aliphatic heterocycles. The Morgan fingerprint density at radius 3 is 2.42 bits per heavy atom. The molecule has 5 heteroatoms. The van der Waals surface area contributed by atoms with Gasteiger partial charge in [0, 0.05) is 19.6 Å². The molecule has 3 N–H and O–H groups in total. The lowest BCUT2D eigenvalue weighted by Gasteiger charge is -2.07. The van der Waals surface area contributed by atoms with Crippen molar-refractivity contribution in [3.8, 4) is 0 Å². The van der Waals surface area contributed by atoms with Gasteiger partial charge in [0.25, 0.3) is 0 Å². The highest BCUT2D eigenvalue weighted by Crippen LogP contribution is 1.97. The fourth-order valence-electron chi connectivity index (χ4n) is 1.53. The first-order chi connectivity index (χ1) is 9.31. The molecule has 0 heterocycles. The van der Waals surface area contributed by atoms with Crippen LogP contribution in [0.4, 0.5) is 0 Å². The highest BCUT2D eigenvalue weighted by molar-refractivity contribution is 5.75. The summed E-state index contributed by atoms with van der Waals surface area (Å²) in [6, 6.07) is 0. The number of hydrogen-bond acceptors (Lipinski definition) is 4. The van der Waals surface area contributed by atoms with Crippen LogP contribution in [-0.2, 0) is 14.3 Å². The molecule has 0 fully saturated rings. The Balaban J connectivity index is 3.10. The maximum Gasteiger partial charge on any atom is 0.220 e. The number of ether oxygens (including phenoxy) is 2. The number of carbonyl (C=O) groups is 1. The van der Waals surface area contributed by atoms with E-state index < -0.39 is 0 Å². The molecule has 0 rings (SSSR count). The average molecular weight is 274 g/mol. The minimum absolute atomic E-state index is 0.0971. The van der Waals surface area contributed by atoms with Crippen molar-refractivity contribution in [2.45, 2.75) is 45.4 Å². The predicted octanol–water partition coefficient (Wildman–Crippen LogP) is 1.46. The number of hydrogen-bond donors (Lipinski definition) is 2. The Morgan fingerprint density at radius 1 is 1.00 bits per heavy atom. The highest BCUT2D eigenvalue weighted by atomic mass is 16.5. The van der Waals surface area contributed by atoms with Gasteiger partial charge >= 0.3 is 0 Å². The standard InChI is InChI=1S/C14H30N2O3/c1-2-3-10-18-12-13-19-11-9-16-14(17)7-5-4-6-8-15/h2-13,15H2,1H3,(H,16,17). The van der Waals surface area contributed by atoms with Crippen LogP contribution < -0.4 is 11.1 Å². The van der Waals surface area contributed by atoms with Gasteiger partial charge in [-0.2, -0.15) is 0 Å². The predicted molar refractivity (Wildman–Crippen MR) is 77.1 cm³/mol. The smallest absolute Gasteiger partial charge is 0.220 e. The molecule has 0 bridgehead atoms. The third-order valence-electron chi connectivity index (χ3n) is 2.69. The number of rotatable bonds is 14. The van der Waals surface area contributed by atoms with Crippen molar-refractivity contribution in [1.82, 2.24) is 5.32 Å². The maximum absolute atomic E-state index is 11.4. The minimum Gasteiger partial charge on any atom is -0.379 e. The van der Waals surface area contributed by atoms with Crippen molar-refractivity contribution in [1.29, 1.82) is 0 Å². The lowest BCUT2D eigenvalue weighted by atomic mass is 10.2. The van der Waals surface area contributed by atoms with Crippen molar-refractivity contribution in [2.75, 3.05) is 39.5 Å². The van der Waals surface area contributed by atoms with E-state index in [4.69, 9.17) is 15.2 Å². The molecule has 0 saturated heterocycles. The second-order valence-electron chi connectivity index (χ2n) is 4.53. The summed E-state index contributed by atoms with van der Waals surface area (Å²) >= 11 is 0. The van der Waals surface area contributed by atoms with Crippen LogP contribution in [0.3, 0.4) is 0 Å². The van der Waals surface area contributed by atoms with E-state index in [1.807, 2.05) is 0 Å². The van der Waals surface area contributed by atoms with Gasteiger partial charge in [0.1, 0.15) is 0 Å². The number of amides is 1. The molecule has 0 aliphatic carbocycles. The van der Waals surface area contributed by atoms with Crippen molar-refractivity contribution in [3.05, 3.63) is 0 Å². The van der Waals surface area contributed by atoms with E-state index in [1.165, 1.54) is 0 Å². The van der Waals surface area contributed by atoms with Crippen LogP contribution in [0.2, 0.25) is 0 Å². The molecule has 0 unspecified atom stereocenters. The maximum atomic E-state index is 11.4. The monoisotopic (exact) mass is 274 g/mol. The zero-order valence-corrected chi connectivity index (χ0v) is 12.3. The van der Waals surface area contributed by atoms with Crippen LogP contribution in [0.25, 0.3) is 0 Å². The summed E-state index contributed by atoms with van der Waals surface area (Å²) in [5, 5.41) is 2.83. The summed E-state index contributed by atoms with van der Waals surface area (Å²) < 4.78 is 10.7. The van der Waals surface area contributed by atoms with E-state index in [2.05, 4.69) is 12.2 Å². The second-order valence-corrected chi connectivity index (χ2v) is 4.53. The van der Waals surface area contributed by atoms with Crippen molar-refractivity contribution in [3.63, 3.8) is 0 Å². The molecule has 0 aromatic rings. The van der Waals surface area contributed by atoms with Crippen LogP contribution in [-0.4, -0.2) is 45.4 Å². The lowest BCUT2D eigenvalue weighted by molar-refractivity contribution is -0.121. The van der Waals surface area contributed by atoms with Crippen LogP contribution in [0.15, 0.2) is 0 Å². The first-order valence-electron chi connectivity index (χ1n) is 7.43. The molecule has 0 radical (unpaired) electrons.